The summed E-state index contributed by atoms with van der Waals surface area (Å²) in [5, 5.41) is 12.5. The van der Waals surface area contributed by atoms with Gasteiger partial charge in [0.1, 0.15) is 12.4 Å². The maximum atomic E-state index is 11.6. The van der Waals surface area contributed by atoms with Gasteiger partial charge in [-0.05, 0) is 79.8 Å². The number of hydrogen-bond donors (Lipinski definition) is 1. The Hall–Kier alpha value is -2.98. The first-order valence-corrected chi connectivity index (χ1v) is 16.4. The van der Waals surface area contributed by atoms with Crippen molar-refractivity contribution in [3.8, 4) is 17.0 Å². The molecule has 9 heteroatoms. The third-order valence-electron chi connectivity index (χ3n) is 9.46. The highest BCUT2D eigenvalue weighted by Gasteiger charge is 2.35. The van der Waals surface area contributed by atoms with Crippen molar-refractivity contribution in [1.29, 1.82) is 0 Å². The second-order valence-electron chi connectivity index (χ2n) is 12.1. The number of nitrogens with zero attached hydrogens (tertiary/aromatic N) is 3. The topological polar surface area (TPSA) is 84.4 Å². The molecule has 2 atom stereocenters. The number of ether oxygens (including phenoxy) is 3. The molecule has 3 aromatic rings. The third-order valence-corrected chi connectivity index (χ3v) is 10.4. The van der Waals surface area contributed by atoms with E-state index >= 15 is 0 Å². The maximum Gasteiger partial charge on any atom is 0.309 e. The number of carboxylic acid groups (broad SMARTS) is 1. The summed E-state index contributed by atoms with van der Waals surface area (Å²) in [6, 6.07) is 11.5. The minimum Gasteiger partial charge on any atom is -0.488 e. The van der Waals surface area contributed by atoms with Gasteiger partial charge in [0.05, 0.1) is 17.7 Å². The van der Waals surface area contributed by atoms with Gasteiger partial charge in [0.25, 0.3) is 0 Å². The van der Waals surface area contributed by atoms with Crippen LogP contribution in [0.25, 0.3) is 11.3 Å². The quantitative estimate of drug-likeness (QED) is 0.360. The average molecular weight is 606 g/mol. The number of aryl methyl sites for hydroxylation is 2. The van der Waals surface area contributed by atoms with Gasteiger partial charge in [-0.2, -0.15) is 0 Å². The monoisotopic (exact) mass is 605 g/mol. The van der Waals surface area contributed by atoms with Crippen LogP contribution in [0.15, 0.2) is 35.7 Å². The van der Waals surface area contributed by atoms with E-state index in [0.29, 0.717) is 32.2 Å². The Bertz CT molecular complexity index is 1440. The van der Waals surface area contributed by atoms with Crippen LogP contribution < -0.4 is 9.64 Å². The van der Waals surface area contributed by atoms with Crippen molar-refractivity contribution in [2.24, 2.45) is 5.92 Å². The second-order valence-corrected chi connectivity index (χ2v) is 13.0. The zero-order chi connectivity index (χ0) is 29.9. The molecule has 0 aliphatic carbocycles. The van der Waals surface area contributed by atoms with E-state index in [2.05, 4.69) is 53.3 Å². The molecule has 1 aromatic heterocycles. The number of hydrogen-bond acceptors (Lipinski definition) is 8. The Morgan fingerprint density at radius 3 is 2.70 bits per heavy atom. The summed E-state index contributed by atoms with van der Waals surface area (Å²) in [7, 11) is 1.58. The minimum absolute atomic E-state index is 0.356. The van der Waals surface area contributed by atoms with Gasteiger partial charge >= 0.3 is 5.97 Å². The van der Waals surface area contributed by atoms with Crippen LogP contribution in [0, 0.1) is 19.8 Å². The van der Waals surface area contributed by atoms with E-state index in [9.17, 15) is 9.90 Å². The fraction of sp³-hybridized carbons (Fsp3) is 0.529. The van der Waals surface area contributed by atoms with E-state index in [1.807, 2.05) is 6.07 Å². The molecule has 2 fully saturated rings. The van der Waals surface area contributed by atoms with Gasteiger partial charge in [-0.25, -0.2) is 4.98 Å². The molecule has 8 nitrogen and oxygen atoms in total. The molecule has 3 aliphatic heterocycles. The molecule has 6 rings (SSSR count). The Kier molecular flexibility index (Phi) is 9.33. The van der Waals surface area contributed by atoms with Crippen molar-refractivity contribution in [2.45, 2.75) is 64.7 Å². The van der Waals surface area contributed by atoms with Crippen molar-refractivity contribution in [3.63, 3.8) is 0 Å². The predicted octanol–water partition coefficient (Wildman–Crippen LogP) is 5.51. The molecule has 43 heavy (non-hydrogen) atoms. The molecule has 0 bridgehead atoms. The number of aliphatic carboxylic acids is 1. The number of carbonyl (C=O) groups is 1. The number of fused-ring (bicyclic) bond motifs is 1. The van der Waals surface area contributed by atoms with Gasteiger partial charge in [0, 0.05) is 63.5 Å². The van der Waals surface area contributed by atoms with Gasteiger partial charge in [0.2, 0.25) is 0 Å². The zero-order valence-electron chi connectivity index (χ0n) is 25.5. The van der Waals surface area contributed by atoms with Crippen molar-refractivity contribution < 1.29 is 24.1 Å². The van der Waals surface area contributed by atoms with E-state index in [1.54, 1.807) is 18.4 Å². The van der Waals surface area contributed by atoms with E-state index in [0.717, 1.165) is 79.7 Å². The van der Waals surface area contributed by atoms with Crippen molar-refractivity contribution >= 4 is 22.4 Å². The second kappa shape index (κ2) is 13.3. The smallest absolute Gasteiger partial charge is 0.309 e. The molecule has 2 aromatic carbocycles. The molecule has 0 spiro atoms. The van der Waals surface area contributed by atoms with Crippen molar-refractivity contribution in [1.82, 2.24) is 9.88 Å². The first-order valence-electron chi connectivity index (χ1n) is 15.5. The summed E-state index contributed by atoms with van der Waals surface area (Å²) in [6.07, 6.45) is 4.65. The zero-order valence-corrected chi connectivity index (χ0v) is 26.3. The molecule has 0 saturated carbocycles. The van der Waals surface area contributed by atoms with Crippen molar-refractivity contribution in [3.05, 3.63) is 63.5 Å². The number of aromatic nitrogens is 1. The van der Waals surface area contributed by atoms with Crippen LogP contribution in [0.4, 0.5) is 5.13 Å². The first kappa shape index (κ1) is 30.1. The van der Waals surface area contributed by atoms with Gasteiger partial charge in [0.15, 0.2) is 5.13 Å². The average Bonchev–Trinajstić information content (AvgIpc) is 3.41. The number of carboxylic acids is 1. The van der Waals surface area contributed by atoms with Crippen LogP contribution in [0.1, 0.15) is 47.1 Å². The highest BCUT2D eigenvalue weighted by atomic mass is 32.1. The Morgan fingerprint density at radius 2 is 1.91 bits per heavy atom. The van der Waals surface area contributed by atoms with E-state index in [1.165, 1.54) is 22.3 Å². The fourth-order valence-corrected chi connectivity index (χ4v) is 7.89. The molecule has 2 saturated heterocycles. The van der Waals surface area contributed by atoms with Gasteiger partial charge in [-0.3, -0.25) is 9.69 Å². The lowest BCUT2D eigenvalue weighted by atomic mass is 9.94. The van der Waals surface area contributed by atoms with Gasteiger partial charge < -0.3 is 24.2 Å². The van der Waals surface area contributed by atoms with E-state index in [4.69, 9.17) is 19.2 Å². The van der Waals surface area contributed by atoms with Crippen molar-refractivity contribution in [2.75, 3.05) is 51.4 Å². The lowest BCUT2D eigenvalue weighted by Crippen LogP contribution is -2.47. The molecule has 1 N–H and O–H groups in total. The lowest BCUT2D eigenvalue weighted by Gasteiger charge is -2.35. The van der Waals surface area contributed by atoms with Crippen LogP contribution in [-0.4, -0.2) is 79.6 Å². The maximum absolute atomic E-state index is 11.6. The van der Waals surface area contributed by atoms with Crippen LogP contribution in [-0.2, 0) is 33.7 Å². The van der Waals surface area contributed by atoms with Crippen LogP contribution >= 0.6 is 11.3 Å². The Balaban J connectivity index is 1.16. The van der Waals surface area contributed by atoms with Gasteiger partial charge in [-0.15, -0.1) is 11.3 Å². The first-order chi connectivity index (χ1) is 20.9. The summed E-state index contributed by atoms with van der Waals surface area (Å²) in [4.78, 5) is 21.4. The molecule has 4 heterocycles. The van der Waals surface area contributed by atoms with Crippen LogP contribution in [0.5, 0.6) is 5.75 Å². The van der Waals surface area contributed by atoms with E-state index < -0.39 is 11.9 Å². The minimum atomic E-state index is -0.797. The molecule has 230 valence electrons. The molecule has 0 amide bonds. The highest BCUT2D eigenvalue weighted by molar-refractivity contribution is 7.14. The SMILES string of the molecule is CO[C@H]1CN(c2nc(-c3cccc(C)c3OCc3cc(C)c4c(c3)CCN(C3CCOCC3)CC4)cs2)CC[C@H]1C(=O)O. The number of rotatable bonds is 8. The lowest BCUT2D eigenvalue weighted by molar-refractivity contribution is -0.147. The summed E-state index contributed by atoms with van der Waals surface area (Å²) in [5.41, 5.74) is 8.46. The Morgan fingerprint density at radius 1 is 1.09 bits per heavy atom. The molecular formula is C34H43N3O5S. The summed E-state index contributed by atoms with van der Waals surface area (Å²) < 4.78 is 17.7. The number of methoxy groups -OCH3 is 1. The standard InChI is InChI=1S/C34H43N3O5S/c1-22-5-4-6-28(30-21-43-34(35-30)37-14-9-29(33(38)39)31(19-37)40-3)32(22)42-20-24-17-23(2)27-8-13-36(12-7-25(27)18-24)26-10-15-41-16-11-26/h4-6,17-18,21,26,29,31H,7-16,19-20H2,1-3H3,(H,38,39)/t29-,31+/m1/s1. The summed E-state index contributed by atoms with van der Waals surface area (Å²) >= 11 is 1.58. The van der Waals surface area contributed by atoms with Crippen LogP contribution in [0.2, 0.25) is 0 Å². The van der Waals surface area contributed by atoms with Crippen LogP contribution in [0.3, 0.4) is 0 Å². The Labute approximate surface area is 258 Å². The number of piperidine rings is 1. The molecule has 0 unspecified atom stereocenters. The normalized spacial score (nSPS) is 21.8. The molecule has 0 radical (unpaired) electrons. The molecule has 3 aliphatic rings. The predicted molar refractivity (Wildman–Crippen MR) is 169 cm³/mol. The number of thiazole rings is 1. The fourth-order valence-electron chi connectivity index (χ4n) is 7.03. The summed E-state index contributed by atoms with van der Waals surface area (Å²) in [6.45, 7) is 10.00. The summed E-state index contributed by atoms with van der Waals surface area (Å²) in [5.74, 6) is -0.425. The largest absolute Gasteiger partial charge is 0.488 e. The van der Waals surface area contributed by atoms with E-state index in [-0.39, 0.29) is 6.10 Å². The molecular weight excluding hydrogens is 562 g/mol. The third kappa shape index (κ3) is 6.60. The highest BCUT2D eigenvalue weighted by Crippen LogP contribution is 2.37. The number of benzene rings is 2. The van der Waals surface area contributed by atoms with Gasteiger partial charge in [-0.1, -0.05) is 24.3 Å². The number of anilines is 1. The number of para-hydroxylation sites is 1.